The molecule has 0 heterocycles. The van der Waals surface area contributed by atoms with Crippen molar-refractivity contribution in [2.75, 3.05) is 0 Å². The van der Waals surface area contributed by atoms with Crippen molar-refractivity contribution < 1.29 is 0 Å². The predicted octanol–water partition coefficient (Wildman–Crippen LogP) is 3.22. The molecule has 0 spiro atoms. The van der Waals surface area contributed by atoms with Crippen LogP contribution in [0.2, 0.25) is 0 Å². The van der Waals surface area contributed by atoms with Gasteiger partial charge in [0.1, 0.15) is 0 Å². The van der Waals surface area contributed by atoms with Crippen molar-refractivity contribution >= 4 is 0 Å². The van der Waals surface area contributed by atoms with E-state index in [4.69, 9.17) is 0 Å². The molecule has 0 nitrogen and oxygen atoms in total. The summed E-state index contributed by atoms with van der Waals surface area (Å²) in [4.78, 5) is 0. The lowest BCUT2D eigenvalue weighted by atomic mass is 9.76. The summed E-state index contributed by atoms with van der Waals surface area (Å²) < 4.78 is 0. The molecule has 0 aromatic carbocycles. The van der Waals surface area contributed by atoms with Gasteiger partial charge in [-0.05, 0) is 30.1 Å². The maximum atomic E-state index is 2.36. The lowest BCUT2D eigenvalue weighted by Crippen LogP contribution is -2.20. The van der Waals surface area contributed by atoms with Gasteiger partial charge in [0.05, 0.1) is 0 Å². The second-order valence-corrected chi connectivity index (χ2v) is 4.38. The van der Waals surface area contributed by atoms with E-state index in [0.29, 0.717) is 5.41 Å². The lowest BCUT2D eigenvalue weighted by Gasteiger charge is -2.29. The summed E-state index contributed by atoms with van der Waals surface area (Å²) in [6, 6.07) is 0. The summed E-state index contributed by atoms with van der Waals surface area (Å²) in [5.41, 5.74) is 1.29. The van der Waals surface area contributed by atoms with Crippen molar-refractivity contribution in [2.24, 2.45) is 10.8 Å². The van der Waals surface area contributed by atoms with Crippen LogP contribution in [0.1, 0.15) is 47.0 Å². The van der Waals surface area contributed by atoms with E-state index in [9.17, 15) is 0 Å². The average Bonchev–Trinajstić information content (AvgIpc) is 2.40. The Morgan fingerprint density at radius 3 is 1.67 bits per heavy atom. The van der Waals surface area contributed by atoms with Crippen molar-refractivity contribution in [3.8, 4) is 0 Å². The van der Waals surface area contributed by atoms with Crippen LogP contribution in [-0.2, 0) is 0 Å². The summed E-state index contributed by atoms with van der Waals surface area (Å²) in [5, 5.41) is 0. The van der Waals surface area contributed by atoms with Crippen LogP contribution in [0.3, 0.4) is 0 Å². The minimum Gasteiger partial charge on any atom is -0.0648 e. The van der Waals surface area contributed by atoms with E-state index in [1.165, 1.54) is 19.3 Å². The van der Waals surface area contributed by atoms with E-state index in [1.807, 2.05) is 0 Å². The van der Waals surface area contributed by atoms with Crippen LogP contribution >= 0.6 is 0 Å². The third-order valence-corrected chi connectivity index (χ3v) is 3.12. The van der Waals surface area contributed by atoms with Crippen LogP contribution in [0.5, 0.6) is 0 Å². The van der Waals surface area contributed by atoms with E-state index >= 15 is 0 Å². The van der Waals surface area contributed by atoms with Gasteiger partial charge in [-0.2, -0.15) is 0 Å². The molecule has 0 saturated heterocycles. The Kier molecular flexibility index (Phi) is 1.38. The standard InChI is InChI=1S/C9H18/c1-5-9(6-7-9)8(2,3)4/h5-7H2,1-4H3. The van der Waals surface area contributed by atoms with Crippen LogP contribution in [0, 0.1) is 10.8 Å². The van der Waals surface area contributed by atoms with Gasteiger partial charge >= 0.3 is 0 Å². The number of hydrogen-bond acceptors (Lipinski definition) is 0. The highest BCUT2D eigenvalue weighted by Gasteiger charge is 2.49. The van der Waals surface area contributed by atoms with Crippen molar-refractivity contribution in [1.82, 2.24) is 0 Å². The van der Waals surface area contributed by atoms with Crippen LogP contribution in [-0.4, -0.2) is 0 Å². The average molecular weight is 126 g/mol. The quantitative estimate of drug-likeness (QED) is 0.506. The second-order valence-electron chi connectivity index (χ2n) is 4.38. The van der Waals surface area contributed by atoms with Crippen LogP contribution < -0.4 is 0 Å². The molecular weight excluding hydrogens is 108 g/mol. The minimum absolute atomic E-state index is 0.557. The largest absolute Gasteiger partial charge is 0.0648 e. The van der Waals surface area contributed by atoms with Gasteiger partial charge in [-0.1, -0.05) is 27.7 Å². The molecule has 0 bridgehead atoms. The van der Waals surface area contributed by atoms with Crippen LogP contribution in [0.4, 0.5) is 0 Å². The summed E-state index contributed by atoms with van der Waals surface area (Å²) >= 11 is 0. The molecule has 0 atom stereocenters. The van der Waals surface area contributed by atoms with Gasteiger partial charge in [0.25, 0.3) is 0 Å². The zero-order chi connectivity index (χ0) is 7.12. The predicted molar refractivity (Wildman–Crippen MR) is 41.4 cm³/mol. The van der Waals surface area contributed by atoms with Gasteiger partial charge in [0.15, 0.2) is 0 Å². The Hall–Kier alpha value is 0. The fraction of sp³-hybridized carbons (Fsp3) is 1.00. The molecule has 0 radical (unpaired) electrons. The highest BCUT2D eigenvalue weighted by molar-refractivity contribution is 5.00. The van der Waals surface area contributed by atoms with Crippen molar-refractivity contribution in [1.29, 1.82) is 0 Å². The van der Waals surface area contributed by atoms with Gasteiger partial charge in [-0.25, -0.2) is 0 Å². The zero-order valence-corrected chi connectivity index (χ0v) is 7.12. The van der Waals surface area contributed by atoms with Crippen molar-refractivity contribution in [3.63, 3.8) is 0 Å². The molecule has 54 valence electrons. The molecule has 0 aromatic heterocycles. The van der Waals surface area contributed by atoms with Crippen LogP contribution in [0.25, 0.3) is 0 Å². The number of rotatable bonds is 1. The first kappa shape index (κ1) is 7.11. The highest BCUT2D eigenvalue weighted by Crippen LogP contribution is 2.60. The third-order valence-electron chi connectivity index (χ3n) is 3.12. The normalized spacial score (nSPS) is 24.0. The topological polar surface area (TPSA) is 0 Å². The van der Waals surface area contributed by atoms with E-state index in [0.717, 1.165) is 5.41 Å². The SMILES string of the molecule is CCC1(C(C)(C)C)CC1. The van der Waals surface area contributed by atoms with Gasteiger partial charge in [-0.3, -0.25) is 0 Å². The summed E-state index contributed by atoms with van der Waals surface area (Å²) in [5.74, 6) is 0. The molecule has 0 amide bonds. The Balaban J connectivity index is 2.60. The van der Waals surface area contributed by atoms with Crippen LogP contribution in [0.15, 0.2) is 0 Å². The Morgan fingerprint density at radius 2 is 1.67 bits per heavy atom. The highest BCUT2D eigenvalue weighted by atomic mass is 14.5. The van der Waals surface area contributed by atoms with E-state index in [2.05, 4.69) is 27.7 Å². The molecule has 9 heavy (non-hydrogen) atoms. The molecular formula is C9H18. The first-order valence-corrected chi connectivity index (χ1v) is 4.02. The number of hydrogen-bond donors (Lipinski definition) is 0. The minimum atomic E-state index is 0.557. The molecule has 0 heteroatoms. The van der Waals surface area contributed by atoms with E-state index in [1.54, 1.807) is 0 Å². The first-order valence-electron chi connectivity index (χ1n) is 4.02. The van der Waals surface area contributed by atoms with Gasteiger partial charge < -0.3 is 0 Å². The first-order chi connectivity index (χ1) is 4.02. The van der Waals surface area contributed by atoms with E-state index < -0.39 is 0 Å². The van der Waals surface area contributed by atoms with Crippen molar-refractivity contribution in [2.45, 2.75) is 47.0 Å². The Labute approximate surface area is 58.7 Å². The molecule has 0 N–H and O–H groups in total. The summed E-state index contributed by atoms with van der Waals surface area (Å²) in [6.45, 7) is 9.41. The molecule has 1 aliphatic rings. The fourth-order valence-electron chi connectivity index (χ4n) is 1.78. The fourth-order valence-corrected chi connectivity index (χ4v) is 1.78. The maximum absolute atomic E-state index is 2.36. The van der Waals surface area contributed by atoms with Crippen molar-refractivity contribution in [3.05, 3.63) is 0 Å². The van der Waals surface area contributed by atoms with E-state index in [-0.39, 0.29) is 0 Å². The molecule has 1 fully saturated rings. The molecule has 1 saturated carbocycles. The second kappa shape index (κ2) is 1.74. The van der Waals surface area contributed by atoms with Gasteiger partial charge in [-0.15, -0.1) is 0 Å². The summed E-state index contributed by atoms with van der Waals surface area (Å²) in [7, 11) is 0. The molecule has 0 aliphatic heterocycles. The smallest absolute Gasteiger partial charge is 0.0251 e. The Bertz CT molecular complexity index is 102. The van der Waals surface area contributed by atoms with Gasteiger partial charge in [0.2, 0.25) is 0 Å². The monoisotopic (exact) mass is 126 g/mol. The summed E-state index contributed by atoms with van der Waals surface area (Å²) in [6.07, 6.45) is 4.30. The molecule has 0 aromatic rings. The maximum Gasteiger partial charge on any atom is -0.0251 e. The Morgan fingerprint density at radius 1 is 1.22 bits per heavy atom. The lowest BCUT2D eigenvalue weighted by molar-refractivity contribution is 0.207. The zero-order valence-electron chi connectivity index (χ0n) is 7.12. The molecule has 1 rings (SSSR count). The third kappa shape index (κ3) is 0.997. The molecule has 0 unspecified atom stereocenters. The van der Waals surface area contributed by atoms with Gasteiger partial charge in [0, 0.05) is 0 Å². The molecule has 1 aliphatic carbocycles.